The maximum absolute atomic E-state index is 11.7. The van der Waals surface area contributed by atoms with E-state index in [1.807, 2.05) is 6.07 Å². The van der Waals surface area contributed by atoms with Gasteiger partial charge in [-0.25, -0.2) is 8.42 Å². The van der Waals surface area contributed by atoms with Crippen molar-refractivity contribution in [3.8, 4) is 0 Å². The lowest BCUT2D eigenvalue weighted by Crippen LogP contribution is -2.41. The summed E-state index contributed by atoms with van der Waals surface area (Å²) in [5.74, 6) is 0. The zero-order chi connectivity index (χ0) is 15.5. The molecule has 0 spiro atoms. The molecule has 118 valence electrons. The average Bonchev–Trinajstić information content (AvgIpc) is 2.91. The first-order chi connectivity index (χ1) is 9.81. The van der Waals surface area contributed by atoms with Crippen LogP contribution in [0.1, 0.15) is 32.3 Å². The van der Waals surface area contributed by atoms with Crippen molar-refractivity contribution in [3.63, 3.8) is 0 Å². The molecular formula is C16H26N2O2S. The van der Waals surface area contributed by atoms with Gasteiger partial charge in [-0.1, -0.05) is 18.2 Å². The molecule has 1 saturated heterocycles. The first kappa shape index (κ1) is 16.3. The predicted molar refractivity (Wildman–Crippen MR) is 88.5 cm³/mol. The summed E-state index contributed by atoms with van der Waals surface area (Å²) < 4.78 is 22.7. The monoisotopic (exact) mass is 310 g/mol. The largest absolute Gasteiger partial charge is 0.371 e. The first-order valence-electron chi connectivity index (χ1n) is 7.54. The maximum atomic E-state index is 11.7. The third kappa shape index (κ3) is 3.98. The van der Waals surface area contributed by atoms with Gasteiger partial charge in [-0.3, -0.25) is 0 Å². The first-order valence-corrected chi connectivity index (χ1v) is 9.43. The molecule has 0 aliphatic carbocycles. The van der Waals surface area contributed by atoms with Crippen molar-refractivity contribution < 1.29 is 8.42 Å². The molecule has 5 heteroatoms. The SMILES string of the molecule is CC(C)(CNCc1ccccc1N1CCCC1)S(C)(=O)=O. The molecule has 0 bridgehead atoms. The summed E-state index contributed by atoms with van der Waals surface area (Å²) in [6, 6.07) is 8.38. The van der Waals surface area contributed by atoms with Gasteiger partial charge in [0.2, 0.25) is 0 Å². The van der Waals surface area contributed by atoms with Crippen LogP contribution in [-0.2, 0) is 16.4 Å². The molecule has 2 rings (SSSR count). The number of rotatable bonds is 6. The zero-order valence-electron chi connectivity index (χ0n) is 13.2. The second kappa shape index (κ2) is 6.36. The number of hydrogen-bond acceptors (Lipinski definition) is 4. The van der Waals surface area contributed by atoms with Crippen molar-refractivity contribution in [2.45, 2.75) is 38.0 Å². The molecule has 1 fully saturated rings. The van der Waals surface area contributed by atoms with E-state index in [1.165, 1.54) is 30.3 Å². The summed E-state index contributed by atoms with van der Waals surface area (Å²) in [6.07, 6.45) is 3.80. The lowest BCUT2D eigenvalue weighted by Gasteiger charge is -2.25. The Bertz CT molecular complexity index is 576. The van der Waals surface area contributed by atoms with E-state index < -0.39 is 14.6 Å². The number of nitrogens with zero attached hydrogens (tertiary/aromatic N) is 1. The van der Waals surface area contributed by atoms with Crippen LogP contribution in [0.2, 0.25) is 0 Å². The molecule has 0 aromatic heterocycles. The lowest BCUT2D eigenvalue weighted by atomic mass is 10.1. The van der Waals surface area contributed by atoms with Gasteiger partial charge in [-0.05, 0) is 38.3 Å². The van der Waals surface area contributed by atoms with Crippen LogP contribution in [-0.4, -0.2) is 39.1 Å². The van der Waals surface area contributed by atoms with Gasteiger partial charge in [0.15, 0.2) is 9.84 Å². The van der Waals surface area contributed by atoms with E-state index in [0.717, 1.165) is 13.1 Å². The summed E-state index contributed by atoms with van der Waals surface area (Å²) in [7, 11) is -3.06. The Kier molecular flexibility index (Phi) is 4.94. The molecule has 1 N–H and O–H groups in total. The molecular weight excluding hydrogens is 284 g/mol. The van der Waals surface area contributed by atoms with E-state index in [4.69, 9.17) is 0 Å². The third-order valence-electron chi connectivity index (χ3n) is 4.31. The van der Waals surface area contributed by atoms with Gasteiger partial charge < -0.3 is 10.2 Å². The van der Waals surface area contributed by atoms with Crippen LogP contribution in [0, 0.1) is 0 Å². The standard InChI is InChI=1S/C16H26N2O2S/c1-16(2,21(3,19)20)13-17-12-14-8-4-5-9-15(14)18-10-6-7-11-18/h4-5,8-9,17H,6-7,10-13H2,1-3H3. The number of hydrogen-bond donors (Lipinski definition) is 1. The van der Waals surface area contributed by atoms with Gasteiger partial charge in [0.25, 0.3) is 0 Å². The summed E-state index contributed by atoms with van der Waals surface area (Å²) in [5.41, 5.74) is 2.52. The van der Waals surface area contributed by atoms with Crippen LogP contribution in [0.3, 0.4) is 0 Å². The minimum absolute atomic E-state index is 0.458. The highest BCUT2D eigenvalue weighted by Gasteiger charge is 2.29. The molecule has 0 amide bonds. The van der Waals surface area contributed by atoms with Crippen LogP contribution < -0.4 is 10.2 Å². The quantitative estimate of drug-likeness (QED) is 0.875. The fourth-order valence-corrected chi connectivity index (χ4v) is 2.92. The van der Waals surface area contributed by atoms with Gasteiger partial charge in [0.1, 0.15) is 0 Å². The highest BCUT2D eigenvalue weighted by atomic mass is 32.2. The molecule has 1 aromatic rings. The van der Waals surface area contributed by atoms with E-state index in [9.17, 15) is 8.42 Å². The Labute approximate surface area is 128 Å². The third-order valence-corrected chi connectivity index (χ3v) is 6.46. The predicted octanol–water partition coefficient (Wildman–Crippen LogP) is 2.20. The van der Waals surface area contributed by atoms with Gasteiger partial charge >= 0.3 is 0 Å². The van der Waals surface area contributed by atoms with E-state index in [1.54, 1.807) is 13.8 Å². The highest BCUT2D eigenvalue weighted by molar-refractivity contribution is 7.92. The molecule has 1 aromatic carbocycles. The molecule has 21 heavy (non-hydrogen) atoms. The van der Waals surface area contributed by atoms with Crippen LogP contribution in [0.5, 0.6) is 0 Å². The molecule has 0 radical (unpaired) electrons. The number of sulfone groups is 1. The lowest BCUT2D eigenvalue weighted by molar-refractivity contribution is 0.521. The van der Waals surface area contributed by atoms with E-state index in [0.29, 0.717) is 13.1 Å². The van der Waals surface area contributed by atoms with Crippen molar-refractivity contribution in [3.05, 3.63) is 29.8 Å². The fraction of sp³-hybridized carbons (Fsp3) is 0.625. The van der Waals surface area contributed by atoms with Gasteiger partial charge in [-0.2, -0.15) is 0 Å². The second-order valence-corrected chi connectivity index (χ2v) is 9.11. The van der Waals surface area contributed by atoms with Crippen molar-refractivity contribution >= 4 is 15.5 Å². The van der Waals surface area contributed by atoms with Crippen molar-refractivity contribution in [2.24, 2.45) is 0 Å². The van der Waals surface area contributed by atoms with Crippen LogP contribution in [0.4, 0.5) is 5.69 Å². The van der Waals surface area contributed by atoms with Crippen molar-refractivity contribution in [1.29, 1.82) is 0 Å². The minimum atomic E-state index is -3.06. The van der Waals surface area contributed by atoms with E-state index in [2.05, 4.69) is 28.4 Å². The molecule has 1 aliphatic heterocycles. The summed E-state index contributed by atoms with van der Waals surface area (Å²) >= 11 is 0. The summed E-state index contributed by atoms with van der Waals surface area (Å²) in [5, 5.41) is 3.31. The second-order valence-electron chi connectivity index (χ2n) is 6.46. The number of benzene rings is 1. The fourth-order valence-electron chi connectivity index (χ4n) is 2.56. The van der Waals surface area contributed by atoms with E-state index in [-0.39, 0.29) is 0 Å². The van der Waals surface area contributed by atoms with Gasteiger partial charge in [0, 0.05) is 38.1 Å². The molecule has 0 saturated carbocycles. The number of nitrogens with one attached hydrogen (secondary N) is 1. The molecule has 1 heterocycles. The molecule has 4 nitrogen and oxygen atoms in total. The Morgan fingerprint density at radius 2 is 1.81 bits per heavy atom. The number of anilines is 1. The van der Waals surface area contributed by atoms with Crippen molar-refractivity contribution in [2.75, 3.05) is 30.8 Å². The topological polar surface area (TPSA) is 49.4 Å². The zero-order valence-corrected chi connectivity index (χ0v) is 14.0. The van der Waals surface area contributed by atoms with E-state index >= 15 is 0 Å². The van der Waals surface area contributed by atoms with Crippen LogP contribution in [0.25, 0.3) is 0 Å². The Balaban J connectivity index is 2.01. The number of para-hydroxylation sites is 1. The smallest absolute Gasteiger partial charge is 0.153 e. The Hall–Kier alpha value is -1.07. The van der Waals surface area contributed by atoms with Crippen molar-refractivity contribution in [1.82, 2.24) is 5.32 Å². The summed E-state index contributed by atoms with van der Waals surface area (Å²) in [6.45, 7) is 6.92. The molecule has 1 aliphatic rings. The Morgan fingerprint density at radius 1 is 1.19 bits per heavy atom. The minimum Gasteiger partial charge on any atom is -0.371 e. The van der Waals surface area contributed by atoms with Gasteiger partial charge in [0.05, 0.1) is 4.75 Å². The molecule has 0 unspecified atom stereocenters. The van der Waals surface area contributed by atoms with Crippen LogP contribution >= 0.6 is 0 Å². The highest BCUT2D eigenvalue weighted by Crippen LogP contribution is 2.24. The van der Waals surface area contributed by atoms with Gasteiger partial charge in [-0.15, -0.1) is 0 Å². The molecule has 0 atom stereocenters. The Morgan fingerprint density at radius 3 is 2.43 bits per heavy atom. The maximum Gasteiger partial charge on any atom is 0.153 e. The normalized spacial score (nSPS) is 16.4. The van der Waals surface area contributed by atoms with Crippen LogP contribution in [0.15, 0.2) is 24.3 Å². The summed E-state index contributed by atoms with van der Waals surface area (Å²) in [4.78, 5) is 2.42. The average molecular weight is 310 g/mol.